The molecule has 0 amide bonds. The Hall–Kier alpha value is -2.97. The minimum absolute atomic E-state index is 0.0315. The Labute approximate surface area is 157 Å². The molecule has 138 valence electrons. The molecule has 2 heterocycles. The SMILES string of the molecule is O=S1(=O)Nc2nc(cc(-c3ccccc3)n2)OCNCCc2cccc1c2. The number of rotatable bonds is 1. The second kappa shape index (κ2) is 7.34. The van der Waals surface area contributed by atoms with Crippen molar-refractivity contribution in [3.8, 4) is 17.1 Å². The molecular weight excluding hydrogens is 364 g/mol. The quantitative estimate of drug-likeness (QED) is 0.671. The number of sulfonamides is 1. The Morgan fingerprint density at radius 3 is 2.67 bits per heavy atom. The smallest absolute Gasteiger partial charge is 0.264 e. The standard InChI is InChI=1S/C19H18N4O3S/c24-27(25)16-8-4-5-14(11-16)9-10-20-13-26-18-12-17(21-19(22-18)23-27)15-6-2-1-3-7-15/h1-8,11-12,20H,9-10,13H2,(H,21,22,23). The largest absolute Gasteiger partial charge is 0.462 e. The Bertz CT molecular complexity index is 1060. The fourth-order valence-corrected chi connectivity index (χ4v) is 3.79. The van der Waals surface area contributed by atoms with E-state index in [0.29, 0.717) is 24.5 Å². The van der Waals surface area contributed by atoms with Gasteiger partial charge >= 0.3 is 0 Å². The third-order valence-electron chi connectivity index (χ3n) is 4.12. The molecule has 2 aromatic carbocycles. The zero-order chi connectivity index (χ0) is 18.7. The Balaban J connectivity index is 1.79. The number of aromatic nitrogens is 2. The van der Waals surface area contributed by atoms with Gasteiger partial charge in [-0.15, -0.1) is 0 Å². The van der Waals surface area contributed by atoms with Crippen molar-refractivity contribution in [1.29, 1.82) is 0 Å². The van der Waals surface area contributed by atoms with Crippen LogP contribution in [-0.4, -0.2) is 31.7 Å². The molecule has 8 heteroatoms. The van der Waals surface area contributed by atoms with Crippen LogP contribution in [0.4, 0.5) is 5.95 Å². The summed E-state index contributed by atoms with van der Waals surface area (Å²) in [5, 5.41) is 3.17. The van der Waals surface area contributed by atoms with E-state index in [2.05, 4.69) is 20.0 Å². The van der Waals surface area contributed by atoms with E-state index in [0.717, 1.165) is 11.1 Å². The highest BCUT2D eigenvalue weighted by atomic mass is 32.2. The summed E-state index contributed by atoms with van der Waals surface area (Å²) in [6, 6.07) is 18.0. The number of hydrogen-bond donors (Lipinski definition) is 2. The van der Waals surface area contributed by atoms with Crippen LogP contribution in [0.15, 0.2) is 65.6 Å². The van der Waals surface area contributed by atoms with Crippen molar-refractivity contribution in [3.05, 3.63) is 66.2 Å². The van der Waals surface area contributed by atoms with E-state index >= 15 is 0 Å². The highest BCUT2D eigenvalue weighted by Gasteiger charge is 2.18. The average Bonchev–Trinajstić information content (AvgIpc) is 2.68. The fraction of sp³-hybridized carbons (Fsp3) is 0.158. The minimum Gasteiger partial charge on any atom is -0.462 e. The maximum absolute atomic E-state index is 12.8. The Kier molecular flexibility index (Phi) is 4.74. The van der Waals surface area contributed by atoms with E-state index in [4.69, 9.17) is 4.74 Å². The van der Waals surface area contributed by atoms with Gasteiger partial charge in [0.05, 0.1) is 10.6 Å². The van der Waals surface area contributed by atoms with E-state index in [-0.39, 0.29) is 17.6 Å². The summed E-state index contributed by atoms with van der Waals surface area (Å²) in [5.41, 5.74) is 2.33. The lowest BCUT2D eigenvalue weighted by molar-refractivity contribution is 0.274. The number of nitrogens with zero attached hydrogens (tertiary/aromatic N) is 2. The molecule has 4 bridgehead atoms. The van der Waals surface area contributed by atoms with Crippen LogP contribution < -0.4 is 14.8 Å². The molecule has 0 saturated carbocycles. The predicted molar refractivity (Wildman–Crippen MR) is 102 cm³/mol. The molecule has 0 saturated heterocycles. The van der Waals surface area contributed by atoms with Gasteiger partial charge in [-0.2, -0.15) is 4.98 Å². The number of ether oxygens (including phenoxy) is 1. The molecule has 3 aromatic rings. The molecule has 0 atom stereocenters. The van der Waals surface area contributed by atoms with Crippen molar-refractivity contribution in [3.63, 3.8) is 0 Å². The summed E-state index contributed by atoms with van der Waals surface area (Å²) < 4.78 is 33.7. The van der Waals surface area contributed by atoms with Crippen LogP contribution in [0.1, 0.15) is 5.56 Å². The molecule has 1 aromatic heterocycles. The number of fused-ring (bicyclic) bond motifs is 4. The van der Waals surface area contributed by atoms with Crippen LogP contribution in [0, 0.1) is 0 Å². The van der Waals surface area contributed by atoms with Crippen LogP contribution in [0.3, 0.4) is 0 Å². The highest BCUT2D eigenvalue weighted by Crippen LogP contribution is 2.24. The summed E-state index contributed by atoms with van der Waals surface area (Å²) in [6.07, 6.45) is 0.686. The molecule has 0 unspecified atom stereocenters. The van der Waals surface area contributed by atoms with E-state index < -0.39 is 10.0 Å². The van der Waals surface area contributed by atoms with Crippen LogP contribution >= 0.6 is 0 Å². The third kappa shape index (κ3) is 4.07. The lowest BCUT2D eigenvalue weighted by atomic mass is 10.1. The molecule has 7 nitrogen and oxygen atoms in total. The first-order valence-corrected chi connectivity index (χ1v) is 9.98. The zero-order valence-corrected chi connectivity index (χ0v) is 15.2. The van der Waals surface area contributed by atoms with Crippen LogP contribution in [0.25, 0.3) is 11.3 Å². The van der Waals surface area contributed by atoms with E-state index in [9.17, 15) is 8.42 Å². The van der Waals surface area contributed by atoms with Gasteiger partial charge in [0.1, 0.15) is 6.73 Å². The number of benzene rings is 2. The average molecular weight is 382 g/mol. The number of nitrogens with one attached hydrogen (secondary N) is 2. The first kappa shape index (κ1) is 17.4. The van der Waals surface area contributed by atoms with Crippen LogP contribution in [0.5, 0.6) is 5.88 Å². The Morgan fingerprint density at radius 1 is 0.963 bits per heavy atom. The van der Waals surface area contributed by atoms with Crippen molar-refractivity contribution in [2.24, 2.45) is 0 Å². The van der Waals surface area contributed by atoms with Crippen LogP contribution in [-0.2, 0) is 16.4 Å². The van der Waals surface area contributed by atoms with Crippen molar-refractivity contribution >= 4 is 16.0 Å². The van der Waals surface area contributed by atoms with Crippen LogP contribution in [0.2, 0.25) is 0 Å². The summed E-state index contributed by atoms with van der Waals surface area (Å²) in [4.78, 5) is 8.73. The van der Waals surface area contributed by atoms with Gasteiger partial charge < -0.3 is 4.74 Å². The topological polar surface area (TPSA) is 93.2 Å². The molecule has 0 aliphatic carbocycles. The maximum Gasteiger partial charge on any atom is 0.264 e. The van der Waals surface area contributed by atoms with E-state index in [1.807, 2.05) is 36.4 Å². The predicted octanol–water partition coefficient (Wildman–Crippen LogP) is 2.43. The summed E-state index contributed by atoms with van der Waals surface area (Å²) in [5.74, 6) is 0.260. The fourth-order valence-electron chi connectivity index (χ4n) is 2.78. The molecule has 1 aliphatic rings. The number of hydrogen-bond acceptors (Lipinski definition) is 6. The molecule has 1 aliphatic heterocycles. The lowest BCUT2D eigenvalue weighted by Gasteiger charge is -2.11. The van der Waals surface area contributed by atoms with Gasteiger partial charge in [-0.1, -0.05) is 42.5 Å². The van der Waals surface area contributed by atoms with E-state index in [1.54, 1.807) is 24.3 Å². The summed E-state index contributed by atoms with van der Waals surface area (Å²) in [7, 11) is -3.81. The van der Waals surface area contributed by atoms with Gasteiger partial charge in [0.2, 0.25) is 11.8 Å². The molecule has 27 heavy (non-hydrogen) atoms. The molecule has 4 rings (SSSR count). The molecule has 0 spiro atoms. The minimum atomic E-state index is -3.81. The Morgan fingerprint density at radius 2 is 1.81 bits per heavy atom. The van der Waals surface area contributed by atoms with Gasteiger partial charge in [-0.3, -0.25) is 5.32 Å². The summed E-state index contributed by atoms with van der Waals surface area (Å²) >= 11 is 0. The maximum atomic E-state index is 12.8. The molecule has 2 N–H and O–H groups in total. The molecular formula is C19H18N4O3S. The lowest BCUT2D eigenvalue weighted by Crippen LogP contribution is -2.23. The molecule has 0 fully saturated rings. The normalized spacial score (nSPS) is 16.0. The van der Waals surface area contributed by atoms with Crippen molar-refractivity contribution in [1.82, 2.24) is 15.3 Å². The first-order valence-electron chi connectivity index (χ1n) is 8.50. The van der Waals surface area contributed by atoms with Gasteiger partial charge in [-0.25, -0.2) is 18.1 Å². The van der Waals surface area contributed by atoms with Crippen molar-refractivity contribution in [2.75, 3.05) is 18.0 Å². The first-order chi connectivity index (χ1) is 13.1. The molecule has 0 radical (unpaired) electrons. The highest BCUT2D eigenvalue weighted by molar-refractivity contribution is 7.92. The zero-order valence-electron chi connectivity index (χ0n) is 14.4. The van der Waals surface area contributed by atoms with Gasteiger partial charge in [0, 0.05) is 18.2 Å². The second-order valence-corrected chi connectivity index (χ2v) is 7.76. The van der Waals surface area contributed by atoms with Gasteiger partial charge in [0.15, 0.2) is 0 Å². The second-order valence-electron chi connectivity index (χ2n) is 6.07. The monoisotopic (exact) mass is 382 g/mol. The van der Waals surface area contributed by atoms with Crippen molar-refractivity contribution < 1.29 is 13.2 Å². The number of anilines is 1. The van der Waals surface area contributed by atoms with Gasteiger partial charge in [0.25, 0.3) is 10.0 Å². The van der Waals surface area contributed by atoms with Crippen molar-refractivity contribution in [2.45, 2.75) is 11.3 Å². The van der Waals surface area contributed by atoms with E-state index in [1.165, 1.54) is 0 Å². The summed E-state index contributed by atoms with van der Waals surface area (Å²) in [6.45, 7) is 0.914. The third-order valence-corrected chi connectivity index (χ3v) is 5.45. The van der Waals surface area contributed by atoms with Gasteiger partial charge in [-0.05, 0) is 24.1 Å².